The molecule has 20 heavy (non-hydrogen) atoms. The number of nitrogen functional groups attached to an aromatic ring is 1. The summed E-state index contributed by atoms with van der Waals surface area (Å²) in [4.78, 5) is 11.4. The molecular formula is C14H19N5S. The van der Waals surface area contributed by atoms with Crippen molar-refractivity contribution in [2.45, 2.75) is 38.9 Å². The summed E-state index contributed by atoms with van der Waals surface area (Å²) in [5.74, 6) is 6.96. The average Bonchev–Trinajstić information content (AvgIpc) is 3.16. The molecule has 0 saturated heterocycles. The zero-order valence-electron chi connectivity index (χ0n) is 11.5. The molecule has 3 N–H and O–H groups in total. The van der Waals surface area contributed by atoms with Gasteiger partial charge in [-0.25, -0.2) is 15.8 Å². The predicted octanol–water partition coefficient (Wildman–Crippen LogP) is 2.30. The Balaban J connectivity index is 1.74. The van der Waals surface area contributed by atoms with E-state index in [1.807, 2.05) is 13.0 Å². The third-order valence-corrected chi connectivity index (χ3v) is 4.15. The van der Waals surface area contributed by atoms with Crippen LogP contribution in [0.4, 0.5) is 5.82 Å². The fourth-order valence-electron chi connectivity index (χ4n) is 2.33. The van der Waals surface area contributed by atoms with Crippen molar-refractivity contribution in [1.29, 1.82) is 0 Å². The Morgan fingerprint density at radius 3 is 2.90 bits per heavy atom. The van der Waals surface area contributed by atoms with E-state index in [0.29, 0.717) is 11.9 Å². The maximum absolute atomic E-state index is 5.45. The van der Waals surface area contributed by atoms with Gasteiger partial charge in [0.15, 0.2) is 0 Å². The van der Waals surface area contributed by atoms with Crippen molar-refractivity contribution in [1.82, 2.24) is 14.9 Å². The van der Waals surface area contributed by atoms with Crippen molar-refractivity contribution in [3.05, 3.63) is 40.0 Å². The highest BCUT2D eigenvalue weighted by molar-refractivity contribution is 7.07. The van der Waals surface area contributed by atoms with E-state index >= 15 is 0 Å². The Morgan fingerprint density at radius 1 is 1.40 bits per heavy atom. The van der Waals surface area contributed by atoms with Crippen LogP contribution in [0, 0.1) is 6.92 Å². The summed E-state index contributed by atoms with van der Waals surface area (Å²) in [5, 5.41) is 4.33. The Morgan fingerprint density at radius 2 is 2.25 bits per heavy atom. The van der Waals surface area contributed by atoms with Crippen LogP contribution in [0.1, 0.15) is 29.9 Å². The number of thiophene rings is 1. The van der Waals surface area contributed by atoms with Gasteiger partial charge in [0.05, 0.1) is 6.54 Å². The lowest BCUT2D eigenvalue weighted by atomic mass is 10.3. The van der Waals surface area contributed by atoms with Crippen LogP contribution in [0.25, 0.3) is 0 Å². The van der Waals surface area contributed by atoms with Crippen molar-refractivity contribution >= 4 is 17.2 Å². The Hall–Kier alpha value is -1.50. The number of nitrogens with zero attached hydrogens (tertiary/aromatic N) is 3. The van der Waals surface area contributed by atoms with Crippen LogP contribution in [-0.2, 0) is 13.1 Å². The number of nitrogens with one attached hydrogen (secondary N) is 1. The summed E-state index contributed by atoms with van der Waals surface area (Å²) in [6, 6.07) is 4.71. The van der Waals surface area contributed by atoms with Crippen molar-refractivity contribution in [2.75, 3.05) is 5.43 Å². The highest BCUT2D eigenvalue weighted by atomic mass is 32.1. The highest BCUT2D eigenvalue weighted by Crippen LogP contribution is 2.29. The lowest BCUT2D eigenvalue weighted by Crippen LogP contribution is -2.26. The van der Waals surface area contributed by atoms with Crippen LogP contribution in [-0.4, -0.2) is 20.9 Å². The molecule has 0 radical (unpaired) electrons. The van der Waals surface area contributed by atoms with Gasteiger partial charge in [0, 0.05) is 24.3 Å². The van der Waals surface area contributed by atoms with E-state index in [2.05, 4.69) is 37.1 Å². The summed E-state index contributed by atoms with van der Waals surface area (Å²) in [6.45, 7) is 3.71. The number of hydrazine groups is 1. The molecule has 2 heterocycles. The van der Waals surface area contributed by atoms with Crippen molar-refractivity contribution < 1.29 is 0 Å². The topological polar surface area (TPSA) is 67.1 Å². The van der Waals surface area contributed by atoms with E-state index in [4.69, 9.17) is 5.84 Å². The molecule has 106 valence electrons. The number of aryl methyl sites for hydroxylation is 1. The Labute approximate surface area is 122 Å². The summed E-state index contributed by atoms with van der Waals surface area (Å²) in [7, 11) is 0. The average molecular weight is 289 g/mol. The van der Waals surface area contributed by atoms with Gasteiger partial charge in [-0.3, -0.25) is 4.90 Å². The van der Waals surface area contributed by atoms with E-state index in [9.17, 15) is 0 Å². The number of aromatic nitrogens is 2. The van der Waals surface area contributed by atoms with Crippen LogP contribution in [0.3, 0.4) is 0 Å². The molecule has 0 aliphatic heterocycles. The predicted molar refractivity (Wildman–Crippen MR) is 81.2 cm³/mol. The zero-order chi connectivity index (χ0) is 13.9. The first kappa shape index (κ1) is 13.5. The zero-order valence-corrected chi connectivity index (χ0v) is 12.4. The summed E-state index contributed by atoms with van der Waals surface area (Å²) >= 11 is 1.74. The lowest BCUT2D eigenvalue weighted by molar-refractivity contribution is 0.239. The van der Waals surface area contributed by atoms with E-state index < -0.39 is 0 Å². The summed E-state index contributed by atoms with van der Waals surface area (Å²) < 4.78 is 0. The number of rotatable bonds is 6. The molecule has 0 unspecified atom stereocenters. The van der Waals surface area contributed by atoms with Crippen molar-refractivity contribution in [3.63, 3.8) is 0 Å². The van der Waals surface area contributed by atoms with Crippen LogP contribution in [0.5, 0.6) is 0 Å². The Kier molecular flexibility index (Phi) is 3.95. The standard InChI is InChI=1S/C14H19N5S/c1-10-6-13(18-15)17-14(16-10)8-19(12-2-3-12)7-11-4-5-20-9-11/h4-6,9,12H,2-3,7-8,15H2,1H3,(H,16,17,18). The van der Waals surface area contributed by atoms with Crippen LogP contribution in [0.2, 0.25) is 0 Å². The fourth-order valence-corrected chi connectivity index (χ4v) is 2.99. The minimum absolute atomic E-state index is 0.674. The van der Waals surface area contributed by atoms with E-state index in [1.54, 1.807) is 11.3 Å². The molecule has 1 aliphatic carbocycles. The van der Waals surface area contributed by atoms with Crippen molar-refractivity contribution in [3.8, 4) is 0 Å². The molecule has 0 aromatic carbocycles. The molecule has 0 spiro atoms. The van der Waals surface area contributed by atoms with Gasteiger partial charge in [0.1, 0.15) is 11.6 Å². The first-order valence-electron chi connectivity index (χ1n) is 6.81. The number of anilines is 1. The molecular weight excluding hydrogens is 270 g/mol. The molecule has 5 nitrogen and oxygen atoms in total. The van der Waals surface area contributed by atoms with Crippen LogP contribution >= 0.6 is 11.3 Å². The van der Waals surface area contributed by atoms with Gasteiger partial charge < -0.3 is 5.43 Å². The van der Waals surface area contributed by atoms with Crippen LogP contribution < -0.4 is 11.3 Å². The molecule has 0 bridgehead atoms. The van der Waals surface area contributed by atoms with Gasteiger partial charge >= 0.3 is 0 Å². The van der Waals surface area contributed by atoms with Gasteiger partial charge in [-0.15, -0.1) is 0 Å². The third kappa shape index (κ3) is 3.33. The second-order valence-corrected chi connectivity index (χ2v) is 6.00. The highest BCUT2D eigenvalue weighted by Gasteiger charge is 2.29. The summed E-state index contributed by atoms with van der Waals surface area (Å²) in [5.41, 5.74) is 4.91. The van der Waals surface area contributed by atoms with Gasteiger partial charge in [-0.05, 0) is 42.2 Å². The fraction of sp³-hybridized carbons (Fsp3) is 0.429. The minimum Gasteiger partial charge on any atom is -0.308 e. The van der Waals surface area contributed by atoms with Gasteiger partial charge in [-0.1, -0.05) is 0 Å². The maximum atomic E-state index is 5.45. The molecule has 1 saturated carbocycles. The minimum atomic E-state index is 0.674. The first-order valence-corrected chi connectivity index (χ1v) is 7.75. The SMILES string of the molecule is Cc1cc(NN)nc(CN(Cc2ccsc2)C2CC2)n1. The van der Waals surface area contributed by atoms with Gasteiger partial charge in [-0.2, -0.15) is 11.3 Å². The second-order valence-electron chi connectivity index (χ2n) is 5.22. The largest absolute Gasteiger partial charge is 0.308 e. The van der Waals surface area contributed by atoms with E-state index in [0.717, 1.165) is 24.6 Å². The molecule has 2 aromatic rings. The van der Waals surface area contributed by atoms with Crippen molar-refractivity contribution in [2.24, 2.45) is 5.84 Å². The molecule has 0 atom stereocenters. The van der Waals surface area contributed by atoms with E-state index in [1.165, 1.54) is 18.4 Å². The molecule has 0 amide bonds. The first-order chi connectivity index (χ1) is 9.74. The smallest absolute Gasteiger partial charge is 0.145 e. The van der Waals surface area contributed by atoms with E-state index in [-0.39, 0.29) is 0 Å². The quantitative estimate of drug-likeness (QED) is 0.631. The molecule has 3 rings (SSSR count). The number of nitrogens with two attached hydrogens (primary N) is 1. The second kappa shape index (κ2) is 5.87. The van der Waals surface area contributed by atoms with Gasteiger partial charge in [0.2, 0.25) is 0 Å². The molecule has 1 aliphatic rings. The number of hydrogen-bond acceptors (Lipinski definition) is 6. The third-order valence-electron chi connectivity index (χ3n) is 3.42. The van der Waals surface area contributed by atoms with Gasteiger partial charge in [0.25, 0.3) is 0 Å². The molecule has 2 aromatic heterocycles. The maximum Gasteiger partial charge on any atom is 0.145 e. The molecule has 1 fully saturated rings. The molecule has 6 heteroatoms. The van der Waals surface area contributed by atoms with Crippen LogP contribution in [0.15, 0.2) is 22.9 Å². The Bertz CT molecular complexity index is 565. The summed E-state index contributed by atoms with van der Waals surface area (Å²) in [6.07, 6.45) is 2.55. The lowest BCUT2D eigenvalue weighted by Gasteiger charge is -2.21. The number of hydrogen-bond donors (Lipinski definition) is 2. The normalized spacial score (nSPS) is 14.8. The monoisotopic (exact) mass is 289 g/mol.